The van der Waals surface area contributed by atoms with Crippen molar-refractivity contribution in [3.8, 4) is 0 Å². The molecule has 6 nitrogen and oxygen atoms in total. The number of ether oxygens (including phenoxy) is 1. The van der Waals surface area contributed by atoms with Crippen LogP contribution in [0.25, 0.3) is 0 Å². The molecule has 0 fully saturated rings. The number of anilines is 2. The van der Waals surface area contributed by atoms with Crippen molar-refractivity contribution in [3.63, 3.8) is 0 Å². The first-order valence-electron chi connectivity index (χ1n) is 7.83. The van der Waals surface area contributed by atoms with Crippen molar-refractivity contribution in [1.29, 1.82) is 0 Å². The van der Waals surface area contributed by atoms with Crippen molar-refractivity contribution < 1.29 is 19.1 Å². The highest BCUT2D eigenvalue weighted by Gasteiger charge is 2.14. The Morgan fingerprint density at radius 1 is 1.12 bits per heavy atom. The van der Waals surface area contributed by atoms with Gasteiger partial charge in [0.2, 0.25) is 5.91 Å². The average Bonchev–Trinajstić information content (AvgIpc) is 2.93. The van der Waals surface area contributed by atoms with Gasteiger partial charge in [0.05, 0.1) is 0 Å². The summed E-state index contributed by atoms with van der Waals surface area (Å²) in [7, 11) is 0. The van der Waals surface area contributed by atoms with Crippen LogP contribution in [-0.2, 0) is 20.7 Å². The predicted molar refractivity (Wildman–Crippen MR) is 98.1 cm³/mol. The number of carbonyl (C=O) groups is 3. The molecule has 0 atom stereocenters. The van der Waals surface area contributed by atoms with E-state index in [1.807, 2.05) is 13.8 Å². The monoisotopic (exact) mass is 360 g/mol. The number of benzene rings is 1. The summed E-state index contributed by atoms with van der Waals surface area (Å²) < 4.78 is 5.06. The molecule has 2 rings (SSSR count). The smallest absolute Gasteiger partial charge is 0.348 e. The highest BCUT2D eigenvalue weighted by Crippen LogP contribution is 2.22. The Hall–Kier alpha value is -2.67. The third-order valence-corrected chi connectivity index (χ3v) is 4.48. The van der Waals surface area contributed by atoms with Crippen molar-refractivity contribution in [1.82, 2.24) is 0 Å². The highest BCUT2D eigenvalue weighted by atomic mass is 32.1. The Bertz CT molecular complexity index is 798. The second-order valence-corrected chi connectivity index (χ2v) is 6.69. The van der Waals surface area contributed by atoms with Gasteiger partial charge in [0.1, 0.15) is 4.88 Å². The van der Waals surface area contributed by atoms with E-state index >= 15 is 0 Å². The van der Waals surface area contributed by atoms with Gasteiger partial charge in [0.15, 0.2) is 6.61 Å². The standard InChI is InChI=1S/C18H20N2O4S/c1-4-13-8-16(25-11(13)2)18(23)24-10-17(22)20-15-7-5-6-14(9-15)19-12(3)21/h5-9H,4,10H2,1-3H3,(H,19,21)(H,20,22). The molecule has 0 radical (unpaired) electrons. The topological polar surface area (TPSA) is 84.5 Å². The first-order chi connectivity index (χ1) is 11.9. The molecular formula is C18H20N2O4S. The van der Waals surface area contributed by atoms with Gasteiger partial charge < -0.3 is 15.4 Å². The van der Waals surface area contributed by atoms with Crippen LogP contribution < -0.4 is 10.6 Å². The summed E-state index contributed by atoms with van der Waals surface area (Å²) >= 11 is 1.36. The van der Waals surface area contributed by atoms with Crippen LogP contribution in [0.2, 0.25) is 0 Å². The van der Waals surface area contributed by atoms with Crippen molar-refractivity contribution in [2.24, 2.45) is 0 Å². The number of amides is 2. The normalized spacial score (nSPS) is 10.2. The summed E-state index contributed by atoms with van der Waals surface area (Å²) in [4.78, 5) is 36.6. The van der Waals surface area contributed by atoms with Crippen LogP contribution >= 0.6 is 11.3 Å². The number of esters is 1. The lowest BCUT2D eigenvalue weighted by molar-refractivity contribution is -0.119. The SMILES string of the molecule is CCc1cc(C(=O)OCC(=O)Nc2cccc(NC(C)=O)c2)sc1C. The number of nitrogens with one attached hydrogen (secondary N) is 2. The van der Waals surface area contributed by atoms with Crippen LogP contribution in [0.5, 0.6) is 0 Å². The summed E-state index contributed by atoms with van der Waals surface area (Å²) in [5, 5.41) is 5.26. The lowest BCUT2D eigenvalue weighted by atomic mass is 10.2. The lowest BCUT2D eigenvalue weighted by Gasteiger charge is -2.08. The Morgan fingerprint density at radius 2 is 1.80 bits per heavy atom. The van der Waals surface area contributed by atoms with E-state index in [4.69, 9.17) is 4.74 Å². The van der Waals surface area contributed by atoms with Gasteiger partial charge in [-0.1, -0.05) is 13.0 Å². The molecule has 0 aliphatic rings. The Kier molecular flexibility index (Phi) is 6.30. The molecule has 7 heteroatoms. The molecule has 1 aromatic carbocycles. The molecule has 0 unspecified atom stereocenters. The van der Waals surface area contributed by atoms with Gasteiger partial charge in [-0.05, 0) is 43.2 Å². The van der Waals surface area contributed by atoms with E-state index in [1.54, 1.807) is 30.3 Å². The summed E-state index contributed by atoms with van der Waals surface area (Å²) in [6.07, 6.45) is 0.848. The zero-order valence-electron chi connectivity index (χ0n) is 14.3. The molecule has 2 N–H and O–H groups in total. The Balaban J connectivity index is 1.89. The summed E-state index contributed by atoms with van der Waals surface area (Å²) in [5.74, 6) is -1.15. The lowest BCUT2D eigenvalue weighted by Crippen LogP contribution is -2.20. The van der Waals surface area contributed by atoms with E-state index in [9.17, 15) is 14.4 Å². The van der Waals surface area contributed by atoms with Gasteiger partial charge in [-0.3, -0.25) is 9.59 Å². The zero-order valence-corrected chi connectivity index (χ0v) is 15.2. The molecule has 0 spiro atoms. The number of rotatable bonds is 6. The molecule has 2 aromatic rings. The predicted octanol–water partition coefficient (Wildman–Crippen LogP) is 3.37. The van der Waals surface area contributed by atoms with Crippen molar-refractivity contribution in [3.05, 3.63) is 45.6 Å². The van der Waals surface area contributed by atoms with E-state index in [0.717, 1.165) is 16.9 Å². The Labute approximate surface area is 150 Å². The maximum Gasteiger partial charge on any atom is 0.348 e. The molecule has 0 aliphatic carbocycles. The summed E-state index contributed by atoms with van der Waals surface area (Å²) in [5.41, 5.74) is 2.19. The van der Waals surface area contributed by atoms with Gasteiger partial charge in [0.25, 0.3) is 5.91 Å². The van der Waals surface area contributed by atoms with E-state index in [2.05, 4.69) is 10.6 Å². The van der Waals surface area contributed by atoms with Crippen LogP contribution in [0.15, 0.2) is 30.3 Å². The third-order valence-electron chi connectivity index (χ3n) is 3.40. The van der Waals surface area contributed by atoms with Crippen LogP contribution in [0.4, 0.5) is 11.4 Å². The molecule has 0 saturated heterocycles. The Morgan fingerprint density at radius 3 is 2.40 bits per heavy atom. The number of aryl methyl sites for hydroxylation is 2. The number of thiophene rings is 1. The minimum absolute atomic E-state index is 0.199. The van der Waals surface area contributed by atoms with Crippen molar-refractivity contribution in [2.45, 2.75) is 27.2 Å². The molecular weight excluding hydrogens is 340 g/mol. The van der Waals surface area contributed by atoms with E-state index in [-0.39, 0.29) is 12.5 Å². The molecule has 1 heterocycles. The highest BCUT2D eigenvalue weighted by molar-refractivity contribution is 7.14. The molecule has 0 bridgehead atoms. The second kappa shape index (κ2) is 8.43. The van der Waals surface area contributed by atoms with Crippen LogP contribution in [0, 0.1) is 6.92 Å². The minimum Gasteiger partial charge on any atom is -0.451 e. The summed E-state index contributed by atoms with van der Waals surface area (Å²) in [6, 6.07) is 8.52. The molecule has 2 amide bonds. The van der Waals surface area contributed by atoms with Crippen LogP contribution in [0.3, 0.4) is 0 Å². The molecule has 25 heavy (non-hydrogen) atoms. The summed E-state index contributed by atoms with van der Waals surface area (Å²) in [6.45, 7) is 5.00. The van der Waals surface area contributed by atoms with Gasteiger partial charge in [-0.15, -0.1) is 11.3 Å². The third kappa shape index (κ3) is 5.42. The van der Waals surface area contributed by atoms with Gasteiger partial charge in [0, 0.05) is 23.2 Å². The largest absolute Gasteiger partial charge is 0.451 e. The second-order valence-electron chi connectivity index (χ2n) is 5.43. The van der Waals surface area contributed by atoms with Crippen LogP contribution in [-0.4, -0.2) is 24.4 Å². The molecule has 132 valence electrons. The van der Waals surface area contributed by atoms with E-state index in [1.165, 1.54) is 18.3 Å². The first-order valence-corrected chi connectivity index (χ1v) is 8.64. The van der Waals surface area contributed by atoms with Crippen LogP contribution in [0.1, 0.15) is 34.0 Å². The minimum atomic E-state index is -0.505. The maximum atomic E-state index is 12.0. The first kappa shape index (κ1) is 18.7. The van der Waals surface area contributed by atoms with Gasteiger partial charge >= 0.3 is 5.97 Å². The van der Waals surface area contributed by atoms with Gasteiger partial charge in [-0.2, -0.15) is 0 Å². The molecule has 0 aliphatic heterocycles. The van der Waals surface area contributed by atoms with Crippen molar-refractivity contribution >= 4 is 40.5 Å². The number of hydrogen-bond donors (Lipinski definition) is 2. The fourth-order valence-electron chi connectivity index (χ4n) is 2.25. The number of hydrogen-bond acceptors (Lipinski definition) is 5. The zero-order chi connectivity index (χ0) is 18.4. The quantitative estimate of drug-likeness (QED) is 0.774. The fraction of sp³-hybridized carbons (Fsp3) is 0.278. The van der Waals surface area contributed by atoms with E-state index in [0.29, 0.717) is 16.3 Å². The maximum absolute atomic E-state index is 12.0. The van der Waals surface area contributed by atoms with E-state index < -0.39 is 11.9 Å². The average molecular weight is 360 g/mol. The van der Waals surface area contributed by atoms with Crippen molar-refractivity contribution in [2.75, 3.05) is 17.2 Å². The number of carbonyl (C=O) groups excluding carboxylic acids is 3. The molecule has 1 aromatic heterocycles. The fourth-order valence-corrected chi connectivity index (χ4v) is 3.26. The molecule has 0 saturated carbocycles. The van der Waals surface area contributed by atoms with Gasteiger partial charge in [-0.25, -0.2) is 4.79 Å².